The standard InChI is InChI=1S/C31H33ClFN3O4/c1-31(2,3)40-30(37)36-13-12-22(18-36)39-23-16-34-29(35-17-23)28-24(20-8-11-26(32)27(33)15-20)7-5-6-19-14-21(38-4)9-10-25(19)28/h8-11,14-17,22H,5-7,12-13,18H2,1-4H3/t22-/m0/s1. The summed E-state index contributed by atoms with van der Waals surface area (Å²) < 4.78 is 31.6. The van der Waals surface area contributed by atoms with Crippen LogP contribution in [-0.2, 0) is 11.2 Å². The van der Waals surface area contributed by atoms with Crippen molar-refractivity contribution >= 4 is 28.8 Å². The Morgan fingerprint density at radius 2 is 1.85 bits per heavy atom. The number of methoxy groups -OCH3 is 1. The van der Waals surface area contributed by atoms with Gasteiger partial charge in [0.1, 0.15) is 23.3 Å². The monoisotopic (exact) mass is 565 g/mol. The van der Waals surface area contributed by atoms with Crippen molar-refractivity contribution in [2.24, 2.45) is 0 Å². The van der Waals surface area contributed by atoms with Crippen molar-refractivity contribution < 1.29 is 23.4 Å². The smallest absolute Gasteiger partial charge is 0.410 e. The van der Waals surface area contributed by atoms with Crippen molar-refractivity contribution in [1.82, 2.24) is 14.9 Å². The van der Waals surface area contributed by atoms with Crippen molar-refractivity contribution in [3.05, 3.63) is 82.1 Å². The zero-order valence-electron chi connectivity index (χ0n) is 23.2. The Kier molecular flexibility index (Phi) is 7.99. The number of allylic oxidation sites excluding steroid dienone is 1. The first-order valence-corrected chi connectivity index (χ1v) is 13.8. The number of hydrogen-bond donors (Lipinski definition) is 0. The van der Waals surface area contributed by atoms with Gasteiger partial charge in [-0.3, -0.25) is 0 Å². The molecule has 0 saturated carbocycles. The molecule has 9 heteroatoms. The zero-order valence-corrected chi connectivity index (χ0v) is 23.9. The molecule has 5 rings (SSSR count). The zero-order chi connectivity index (χ0) is 28.4. The molecule has 2 aliphatic rings. The molecule has 0 radical (unpaired) electrons. The van der Waals surface area contributed by atoms with Crippen molar-refractivity contribution in [1.29, 1.82) is 0 Å². The highest BCUT2D eigenvalue weighted by Gasteiger charge is 2.31. The molecule has 0 N–H and O–H groups in total. The Labute approximate surface area is 238 Å². The molecule has 3 aromatic rings. The highest BCUT2D eigenvalue weighted by Crippen LogP contribution is 2.40. The van der Waals surface area contributed by atoms with Crippen LogP contribution in [0.1, 0.15) is 62.5 Å². The van der Waals surface area contributed by atoms with E-state index in [9.17, 15) is 9.18 Å². The highest BCUT2D eigenvalue weighted by atomic mass is 35.5. The van der Waals surface area contributed by atoms with E-state index in [0.717, 1.165) is 52.8 Å². The third-order valence-corrected chi connectivity index (χ3v) is 7.28. The van der Waals surface area contributed by atoms with Crippen LogP contribution in [0, 0.1) is 5.82 Å². The van der Waals surface area contributed by atoms with Gasteiger partial charge in [-0.05, 0) is 86.6 Å². The maximum absolute atomic E-state index is 14.5. The van der Waals surface area contributed by atoms with Gasteiger partial charge < -0.3 is 19.1 Å². The van der Waals surface area contributed by atoms with Crippen LogP contribution in [0.15, 0.2) is 48.8 Å². The predicted octanol–water partition coefficient (Wildman–Crippen LogP) is 6.96. The average molecular weight is 566 g/mol. The molecule has 1 aliphatic carbocycles. The highest BCUT2D eigenvalue weighted by molar-refractivity contribution is 6.30. The quantitative estimate of drug-likeness (QED) is 0.333. The Balaban J connectivity index is 1.44. The van der Waals surface area contributed by atoms with Crippen molar-refractivity contribution in [2.75, 3.05) is 20.2 Å². The molecule has 1 aliphatic heterocycles. The van der Waals surface area contributed by atoms with Gasteiger partial charge in [0.25, 0.3) is 0 Å². The molecule has 210 valence electrons. The number of benzene rings is 2. The van der Waals surface area contributed by atoms with E-state index in [2.05, 4.69) is 0 Å². The van der Waals surface area contributed by atoms with Crippen molar-refractivity contribution in [3.8, 4) is 11.5 Å². The normalized spacial score (nSPS) is 17.4. The topological polar surface area (TPSA) is 73.8 Å². The van der Waals surface area contributed by atoms with Gasteiger partial charge in [0.2, 0.25) is 0 Å². The number of carbonyl (C=O) groups is 1. The summed E-state index contributed by atoms with van der Waals surface area (Å²) in [5, 5.41) is 0.0829. The van der Waals surface area contributed by atoms with Gasteiger partial charge in [0.15, 0.2) is 11.6 Å². The Hall–Kier alpha value is -3.65. The van der Waals surface area contributed by atoms with Crippen LogP contribution >= 0.6 is 11.6 Å². The number of fused-ring (bicyclic) bond motifs is 1. The number of hydrogen-bond acceptors (Lipinski definition) is 6. The fourth-order valence-electron chi connectivity index (χ4n) is 5.13. The van der Waals surface area contributed by atoms with Gasteiger partial charge >= 0.3 is 6.09 Å². The number of rotatable bonds is 5. The molecule has 1 fully saturated rings. The number of aryl methyl sites for hydroxylation is 1. The number of nitrogens with zero attached hydrogens (tertiary/aromatic N) is 3. The molecular formula is C31H33ClFN3O4. The van der Waals surface area contributed by atoms with Crippen LogP contribution in [-0.4, -0.2) is 52.9 Å². The fourth-order valence-corrected chi connectivity index (χ4v) is 5.25. The van der Waals surface area contributed by atoms with E-state index in [0.29, 0.717) is 31.1 Å². The van der Waals surface area contributed by atoms with E-state index < -0.39 is 11.4 Å². The van der Waals surface area contributed by atoms with E-state index in [-0.39, 0.29) is 17.2 Å². The number of amides is 1. The number of carbonyl (C=O) groups excluding carboxylic acids is 1. The molecule has 1 amide bonds. The van der Waals surface area contributed by atoms with E-state index in [1.807, 2.05) is 45.0 Å². The minimum Gasteiger partial charge on any atom is -0.497 e. The molecule has 1 atom stereocenters. The minimum atomic E-state index is -0.549. The summed E-state index contributed by atoms with van der Waals surface area (Å²) in [6.07, 6.45) is 5.91. The van der Waals surface area contributed by atoms with Gasteiger partial charge in [-0.25, -0.2) is 19.2 Å². The largest absolute Gasteiger partial charge is 0.497 e. The van der Waals surface area contributed by atoms with Crippen LogP contribution in [0.3, 0.4) is 0 Å². The molecule has 2 aromatic carbocycles. The molecule has 1 saturated heterocycles. The predicted molar refractivity (Wildman–Crippen MR) is 152 cm³/mol. The number of likely N-dealkylation sites (tertiary alicyclic amines) is 1. The van der Waals surface area contributed by atoms with E-state index in [1.165, 1.54) is 6.07 Å². The first-order valence-electron chi connectivity index (χ1n) is 13.4. The second-order valence-electron chi connectivity index (χ2n) is 11.1. The van der Waals surface area contributed by atoms with Crippen molar-refractivity contribution in [3.63, 3.8) is 0 Å². The third kappa shape index (κ3) is 6.22. The second kappa shape index (κ2) is 11.5. The lowest BCUT2D eigenvalue weighted by Gasteiger charge is -2.24. The molecular weight excluding hydrogens is 533 g/mol. The lowest BCUT2D eigenvalue weighted by molar-refractivity contribution is 0.0275. The summed E-state index contributed by atoms with van der Waals surface area (Å²) in [5.74, 6) is 1.35. The maximum Gasteiger partial charge on any atom is 0.410 e. The number of halogens is 2. The van der Waals surface area contributed by atoms with Crippen LogP contribution in [0.25, 0.3) is 11.1 Å². The van der Waals surface area contributed by atoms with Gasteiger partial charge in [-0.1, -0.05) is 23.7 Å². The molecule has 1 aromatic heterocycles. The van der Waals surface area contributed by atoms with Crippen LogP contribution in [0.5, 0.6) is 11.5 Å². The molecule has 2 heterocycles. The summed E-state index contributed by atoms with van der Waals surface area (Å²) in [7, 11) is 1.65. The third-order valence-electron chi connectivity index (χ3n) is 6.98. The lowest BCUT2D eigenvalue weighted by atomic mass is 9.91. The summed E-state index contributed by atoms with van der Waals surface area (Å²) in [5.41, 5.74) is 4.11. The van der Waals surface area contributed by atoms with E-state index in [1.54, 1.807) is 30.5 Å². The minimum absolute atomic E-state index is 0.0829. The number of ether oxygens (including phenoxy) is 3. The Bertz CT molecular complexity index is 1440. The van der Waals surface area contributed by atoms with Gasteiger partial charge in [0, 0.05) is 18.5 Å². The van der Waals surface area contributed by atoms with Gasteiger partial charge in [-0.15, -0.1) is 0 Å². The Morgan fingerprint density at radius 3 is 2.55 bits per heavy atom. The average Bonchev–Trinajstić information content (AvgIpc) is 3.30. The van der Waals surface area contributed by atoms with Crippen LogP contribution in [0.4, 0.5) is 9.18 Å². The molecule has 0 bridgehead atoms. The number of aromatic nitrogens is 2. The van der Waals surface area contributed by atoms with Gasteiger partial charge in [-0.2, -0.15) is 0 Å². The first kappa shape index (κ1) is 27.9. The van der Waals surface area contributed by atoms with Crippen molar-refractivity contribution in [2.45, 2.75) is 58.2 Å². The molecule has 7 nitrogen and oxygen atoms in total. The van der Waals surface area contributed by atoms with Crippen LogP contribution < -0.4 is 9.47 Å². The fraction of sp³-hybridized carbons (Fsp3) is 0.387. The summed E-state index contributed by atoms with van der Waals surface area (Å²) in [6, 6.07) is 10.9. The SMILES string of the molecule is COc1ccc2c(c1)CCCC(c1ccc(Cl)c(F)c1)=C2c1ncc(O[C@H]2CCN(C(=O)OC(C)(C)C)C2)cn1. The summed E-state index contributed by atoms with van der Waals surface area (Å²) >= 11 is 5.99. The van der Waals surface area contributed by atoms with Gasteiger partial charge in [0.05, 0.1) is 31.1 Å². The molecule has 0 unspecified atom stereocenters. The second-order valence-corrected chi connectivity index (χ2v) is 11.5. The molecule has 40 heavy (non-hydrogen) atoms. The van der Waals surface area contributed by atoms with E-state index in [4.69, 9.17) is 35.8 Å². The summed E-state index contributed by atoms with van der Waals surface area (Å²) in [4.78, 5) is 23.5. The lowest BCUT2D eigenvalue weighted by Crippen LogP contribution is -2.36. The maximum atomic E-state index is 14.5. The Morgan fingerprint density at radius 1 is 1.07 bits per heavy atom. The van der Waals surface area contributed by atoms with Crippen LogP contribution in [0.2, 0.25) is 5.02 Å². The first-order chi connectivity index (χ1) is 19.1. The molecule has 0 spiro atoms. The summed E-state index contributed by atoms with van der Waals surface area (Å²) in [6.45, 7) is 6.54. The van der Waals surface area contributed by atoms with E-state index >= 15 is 0 Å².